The molecule has 0 radical (unpaired) electrons. The van der Waals surface area contributed by atoms with E-state index in [-0.39, 0.29) is 11.8 Å². The quantitative estimate of drug-likeness (QED) is 0.826. The number of anilines is 1. The van der Waals surface area contributed by atoms with E-state index in [2.05, 4.69) is 28.1 Å². The zero-order chi connectivity index (χ0) is 13.4. The van der Waals surface area contributed by atoms with Crippen LogP contribution in [0, 0.1) is 0 Å². The number of rotatable bonds is 2. The van der Waals surface area contributed by atoms with E-state index in [1.165, 1.54) is 5.56 Å². The molecule has 0 bridgehead atoms. The minimum Gasteiger partial charge on any atom is -0.315 e. The van der Waals surface area contributed by atoms with Gasteiger partial charge in [0.1, 0.15) is 0 Å². The molecule has 0 fully saturated rings. The summed E-state index contributed by atoms with van der Waals surface area (Å²) < 4.78 is 1.06. The van der Waals surface area contributed by atoms with Gasteiger partial charge in [-0.1, -0.05) is 52.3 Å². The van der Waals surface area contributed by atoms with E-state index < -0.39 is 0 Å². The van der Waals surface area contributed by atoms with Gasteiger partial charge in [0, 0.05) is 17.2 Å². The zero-order valence-electron chi connectivity index (χ0n) is 10.6. The molecule has 0 N–H and O–H groups in total. The largest absolute Gasteiger partial charge is 0.315 e. The molecule has 1 aliphatic heterocycles. The molecule has 0 spiro atoms. The number of carbonyl (C=O) groups is 1. The Labute approximate surface area is 121 Å². The van der Waals surface area contributed by atoms with E-state index in [1.807, 2.05) is 43.4 Å². The fourth-order valence-electron chi connectivity index (χ4n) is 2.65. The van der Waals surface area contributed by atoms with Gasteiger partial charge < -0.3 is 4.90 Å². The summed E-state index contributed by atoms with van der Waals surface area (Å²) in [5, 5.41) is 0. The predicted molar refractivity (Wildman–Crippen MR) is 80.4 cm³/mol. The third-order valence-corrected chi connectivity index (χ3v) is 4.46. The first-order valence-electron chi connectivity index (χ1n) is 6.28. The van der Waals surface area contributed by atoms with Crippen LogP contribution in [-0.4, -0.2) is 13.0 Å². The van der Waals surface area contributed by atoms with Crippen LogP contribution in [-0.2, 0) is 11.2 Å². The number of amides is 1. The Morgan fingerprint density at radius 3 is 2.58 bits per heavy atom. The van der Waals surface area contributed by atoms with E-state index in [0.29, 0.717) is 0 Å². The van der Waals surface area contributed by atoms with Crippen LogP contribution in [0.1, 0.15) is 17.0 Å². The molecule has 3 rings (SSSR count). The monoisotopic (exact) mass is 315 g/mol. The number of hydrogen-bond acceptors (Lipinski definition) is 1. The summed E-state index contributed by atoms with van der Waals surface area (Å²) in [6.07, 6.45) is 0.738. The molecule has 3 heteroatoms. The molecule has 0 saturated heterocycles. The summed E-state index contributed by atoms with van der Waals surface area (Å²) in [7, 11) is 1.85. The van der Waals surface area contributed by atoms with Crippen molar-refractivity contribution < 1.29 is 4.79 Å². The van der Waals surface area contributed by atoms with Crippen LogP contribution in [0.25, 0.3) is 0 Å². The Morgan fingerprint density at radius 1 is 1.11 bits per heavy atom. The van der Waals surface area contributed by atoms with Crippen molar-refractivity contribution in [3.63, 3.8) is 0 Å². The van der Waals surface area contributed by atoms with Crippen LogP contribution in [0.4, 0.5) is 5.69 Å². The van der Waals surface area contributed by atoms with E-state index in [1.54, 1.807) is 4.90 Å². The van der Waals surface area contributed by atoms with Crippen LogP contribution >= 0.6 is 15.9 Å². The highest BCUT2D eigenvalue weighted by molar-refractivity contribution is 9.10. The van der Waals surface area contributed by atoms with E-state index in [4.69, 9.17) is 0 Å². The van der Waals surface area contributed by atoms with Gasteiger partial charge in [-0.3, -0.25) is 4.79 Å². The Hall–Kier alpha value is -1.61. The molecule has 2 aromatic rings. The number of nitrogens with zero attached hydrogens (tertiary/aromatic N) is 1. The molecule has 2 aromatic carbocycles. The summed E-state index contributed by atoms with van der Waals surface area (Å²) in [6, 6.07) is 16.1. The molecule has 0 aliphatic carbocycles. The van der Waals surface area contributed by atoms with E-state index in [9.17, 15) is 4.79 Å². The highest BCUT2D eigenvalue weighted by Crippen LogP contribution is 2.38. The number of fused-ring (bicyclic) bond motifs is 1. The topological polar surface area (TPSA) is 20.3 Å². The molecular formula is C16H14BrNO. The fourth-order valence-corrected chi connectivity index (χ4v) is 3.10. The first-order valence-corrected chi connectivity index (χ1v) is 7.07. The average molecular weight is 316 g/mol. The standard InChI is InChI=1S/C16H14BrNO/c1-18-15-9-5-3-7-12(15)13(16(18)19)10-11-6-2-4-8-14(11)17/h2-9,13H,10H2,1H3/t13-/m0/s1. The molecule has 1 heterocycles. The second-order valence-electron chi connectivity index (χ2n) is 4.80. The average Bonchev–Trinajstić information content (AvgIpc) is 2.67. The highest BCUT2D eigenvalue weighted by Gasteiger charge is 2.34. The lowest BCUT2D eigenvalue weighted by molar-refractivity contribution is -0.119. The molecule has 1 aliphatic rings. The van der Waals surface area contributed by atoms with Gasteiger partial charge in [0.05, 0.1) is 5.92 Å². The lowest BCUT2D eigenvalue weighted by Gasteiger charge is -2.12. The maximum Gasteiger partial charge on any atom is 0.234 e. The Balaban J connectivity index is 1.98. The molecule has 0 saturated carbocycles. The number of para-hydroxylation sites is 1. The zero-order valence-corrected chi connectivity index (χ0v) is 12.2. The number of benzene rings is 2. The van der Waals surface area contributed by atoms with Crippen LogP contribution < -0.4 is 4.90 Å². The second-order valence-corrected chi connectivity index (χ2v) is 5.66. The van der Waals surface area contributed by atoms with Crippen LogP contribution in [0.2, 0.25) is 0 Å². The van der Waals surface area contributed by atoms with Gasteiger partial charge in [0.15, 0.2) is 0 Å². The predicted octanol–water partition coefficient (Wildman–Crippen LogP) is 3.75. The second kappa shape index (κ2) is 4.82. The Morgan fingerprint density at radius 2 is 1.79 bits per heavy atom. The van der Waals surface area contributed by atoms with Gasteiger partial charge in [-0.15, -0.1) is 0 Å². The van der Waals surface area contributed by atoms with Gasteiger partial charge in [0.25, 0.3) is 0 Å². The smallest absolute Gasteiger partial charge is 0.234 e. The Bertz CT molecular complexity index is 638. The maximum absolute atomic E-state index is 12.4. The first kappa shape index (κ1) is 12.4. The molecule has 0 aromatic heterocycles. The molecule has 19 heavy (non-hydrogen) atoms. The van der Waals surface area contributed by atoms with Gasteiger partial charge in [-0.2, -0.15) is 0 Å². The van der Waals surface area contributed by atoms with Gasteiger partial charge in [0.2, 0.25) is 5.91 Å². The van der Waals surface area contributed by atoms with Crippen molar-refractivity contribution in [2.45, 2.75) is 12.3 Å². The molecule has 96 valence electrons. The summed E-state index contributed by atoms with van der Waals surface area (Å²) in [5.74, 6) is 0.108. The van der Waals surface area contributed by atoms with Crippen molar-refractivity contribution in [1.82, 2.24) is 0 Å². The minimum absolute atomic E-state index is 0.0695. The van der Waals surface area contributed by atoms with Crippen molar-refractivity contribution >= 4 is 27.5 Å². The summed E-state index contributed by atoms with van der Waals surface area (Å²) in [6.45, 7) is 0. The van der Waals surface area contributed by atoms with Crippen molar-refractivity contribution in [3.05, 3.63) is 64.1 Å². The SMILES string of the molecule is CN1C(=O)[C@@H](Cc2ccccc2Br)c2ccccc21. The number of hydrogen-bond donors (Lipinski definition) is 0. The number of carbonyl (C=O) groups excluding carboxylic acids is 1. The van der Waals surface area contributed by atoms with Crippen molar-refractivity contribution in [1.29, 1.82) is 0 Å². The molecule has 0 unspecified atom stereocenters. The number of likely N-dealkylation sites (N-methyl/N-ethyl adjacent to an activating group) is 1. The third kappa shape index (κ3) is 2.08. The molecule has 2 nitrogen and oxygen atoms in total. The van der Waals surface area contributed by atoms with Crippen LogP contribution in [0.5, 0.6) is 0 Å². The first-order chi connectivity index (χ1) is 9.18. The highest BCUT2D eigenvalue weighted by atomic mass is 79.9. The van der Waals surface area contributed by atoms with E-state index >= 15 is 0 Å². The normalized spacial score (nSPS) is 17.7. The van der Waals surface area contributed by atoms with Gasteiger partial charge >= 0.3 is 0 Å². The molecule has 1 amide bonds. The maximum atomic E-state index is 12.4. The Kier molecular flexibility index (Phi) is 3.15. The van der Waals surface area contributed by atoms with Gasteiger partial charge in [-0.25, -0.2) is 0 Å². The summed E-state index contributed by atoms with van der Waals surface area (Å²) >= 11 is 3.55. The minimum atomic E-state index is -0.0695. The van der Waals surface area contributed by atoms with Crippen molar-refractivity contribution in [3.8, 4) is 0 Å². The van der Waals surface area contributed by atoms with Gasteiger partial charge in [-0.05, 0) is 29.7 Å². The summed E-state index contributed by atoms with van der Waals surface area (Å²) in [5.41, 5.74) is 3.33. The summed E-state index contributed by atoms with van der Waals surface area (Å²) in [4.78, 5) is 14.1. The lowest BCUT2D eigenvalue weighted by atomic mass is 9.93. The molecule has 1 atom stereocenters. The lowest BCUT2D eigenvalue weighted by Crippen LogP contribution is -2.24. The third-order valence-electron chi connectivity index (χ3n) is 3.68. The van der Waals surface area contributed by atoms with Crippen molar-refractivity contribution in [2.75, 3.05) is 11.9 Å². The van der Waals surface area contributed by atoms with Crippen molar-refractivity contribution in [2.24, 2.45) is 0 Å². The molecular weight excluding hydrogens is 302 g/mol. The number of halogens is 1. The fraction of sp³-hybridized carbons (Fsp3) is 0.188. The van der Waals surface area contributed by atoms with E-state index in [0.717, 1.165) is 22.1 Å². The van der Waals surface area contributed by atoms with Crippen LogP contribution in [0.3, 0.4) is 0 Å². The van der Waals surface area contributed by atoms with Crippen LogP contribution in [0.15, 0.2) is 53.0 Å².